The van der Waals surface area contributed by atoms with Gasteiger partial charge in [0.2, 0.25) is 0 Å². The number of para-hydroxylation sites is 1. The summed E-state index contributed by atoms with van der Waals surface area (Å²) < 4.78 is 1.84. The van der Waals surface area contributed by atoms with Crippen molar-refractivity contribution < 1.29 is 5.11 Å². The van der Waals surface area contributed by atoms with Crippen LogP contribution in [-0.2, 0) is 13.6 Å². The van der Waals surface area contributed by atoms with Crippen molar-refractivity contribution in [2.24, 2.45) is 7.05 Å². The Kier molecular flexibility index (Phi) is 3.97. The third-order valence-corrected chi connectivity index (χ3v) is 3.80. The molecule has 0 radical (unpaired) electrons. The first-order valence-corrected chi connectivity index (χ1v) is 7.40. The SMILES string of the molecule is Cc1cc(NCc2cnn(C)c2C)nc(-c2ccccc2O)n1. The number of aryl methyl sites for hydroxylation is 2. The lowest BCUT2D eigenvalue weighted by Gasteiger charge is -2.09. The van der Waals surface area contributed by atoms with Gasteiger partial charge in [-0.2, -0.15) is 5.10 Å². The van der Waals surface area contributed by atoms with Gasteiger partial charge in [-0.25, -0.2) is 9.97 Å². The van der Waals surface area contributed by atoms with E-state index in [4.69, 9.17) is 0 Å². The molecule has 2 heterocycles. The number of rotatable bonds is 4. The lowest BCUT2D eigenvalue weighted by atomic mass is 10.2. The van der Waals surface area contributed by atoms with Crippen molar-refractivity contribution in [1.82, 2.24) is 19.7 Å². The fourth-order valence-electron chi connectivity index (χ4n) is 2.35. The first kappa shape index (κ1) is 15.0. The Morgan fingerprint density at radius 1 is 1.17 bits per heavy atom. The largest absolute Gasteiger partial charge is 0.507 e. The van der Waals surface area contributed by atoms with Crippen LogP contribution in [0.15, 0.2) is 36.5 Å². The number of nitrogens with zero attached hydrogens (tertiary/aromatic N) is 4. The summed E-state index contributed by atoms with van der Waals surface area (Å²) in [6, 6.07) is 8.95. The molecule has 0 saturated heterocycles. The van der Waals surface area contributed by atoms with E-state index in [-0.39, 0.29) is 5.75 Å². The molecule has 0 aliphatic rings. The van der Waals surface area contributed by atoms with Gasteiger partial charge in [-0.3, -0.25) is 4.68 Å². The Bertz CT molecular complexity index is 841. The number of phenolic OH excluding ortho intramolecular Hbond substituents is 1. The van der Waals surface area contributed by atoms with E-state index in [0.29, 0.717) is 17.9 Å². The van der Waals surface area contributed by atoms with Crippen LogP contribution in [0, 0.1) is 13.8 Å². The van der Waals surface area contributed by atoms with Crippen LogP contribution >= 0.6 is 0 Å². The zero-order valence-corrected chi connectivity index (χ0v) is 13.4. The lowest BCUT2D eigenvalue weighted by Crippen LogP contribution is -2.05. The molecule has 6 heteroatoms. The van der Waals surface area contributed by atoms with Crippen LogP contribution in [0.1, 0.15) is 17.0 Å². The van der Waals surface area contributed by atoms with E-state index in [1.54, 1.807) is 18.2 Å². The maximum atomic E-state index is 9.98. The van der Waals surface area contributed by atoms with Gasteiger partial charge in [0.25, 0.3) is 0 Å². The van der Waals surface area contributed by atoms with E-state index in [0.717, 1.165) is 22.8 Å². The van der Waals surface area contributed by atoms with Crippen molar-refractivity contribution in [3.8, 4) is 17.1 Å². The van der Waals surface area contributed by atoms with Gasteiger partial charge >= 0.3 is 0 Å². The van der Waals surface area contributed by atoms with Gasteiger partial charge < -0.3 is 10.4 Å². The summed E-state index contributed by atoms with van der Waals surface area (Å²) in [5, 5.41) is 17.5. The van der Waals surface area contributed by atoms with E-state index < -0.39 is 0 Å². The Hall–Kier alpha value is -2.89. The topological polar surface area (TPSA) is 75.9 Å². The number of hydrogen-bond acceptors (Lipinski definition) is 5. The quantitative estimate of drug-likeness (QED) is 0.775. The molecule has 118 valence electrons. The van der Waals surface area contributed by atoms with Gasteiger partial charge in [-0.05, 0) is 26.0 Å². The minimum absolute atomic E-state index is 0.173. The first-order valence-electron chi connectivity index (χ1n) is 7.40. The second-order valence-electron chi connectivity index (χ2n) is 5.47. The molecular weight excluding hydrogens is 290 g/mol. The van der Waals surface area contributed by atoms with Gasteiger partial charge in [0, 0.05) is 36.6 Å². The van der Waals surface area contributed by atoms with Crippen molar-refractivity contribution >= 4 is 5.82 Å². The van der Waals surface area contributed by atoms with Crippen LogP contribution in [-0.4, -0.2) is 24.9 Å². The summed E-state index contributed by atoms with van der Waals surface area (Å²) in [6.45, 7) is 4.57. The summed E-state index contributed by atoms with van der Waals surface area (Å²) in [4.78, 5) is 8.92. The average Bonchev–Trinajstić information content (AvgIpc) is 2.84. The molecule has 0 saturated carbocycles. The van der Waals surface area contributed by atoms with Crippen LogP contribution < -0.4 is 5.32 Å². The Morgan fingerprint density at radius 3 is 2.65 bits per heavy atom. The molecule has 0 spiro atoms. The first-order chi connectivity index (χ1) is 11.0. The molecule has 0 unspecified atom stereocenters. The highest BCUT2D eigenvalue weighted by molar-refractivity contribution is 5.64. The maximum absolute atomic E-state index is 9.98. The average molecular weight is 309 g/mol. The molecule has 3 aromatic rings. The third kappa shape index (κ3) is 3.15. The van der Waals surface area contributed by atoms with Gasteiger partial charge in [-0.15, -0.1) is 0 Å². The Labute approximate surface area is 134 Å². The number of benzene rings is 1. The normalized spacial score (nSPS) is 10.7. The number of phenols is 1. The molecule has 23 heavy (non-hydrogen) atoms. The highest BCUT2D eigenvalue weighted by Gasteiger charge is 2.10. The van der Waals surface area contributed by atoms with Crippen LogP contribution in [0.4, 0.5) is 5.82 Å². The lowest BCUT2D eigenvalue weighted by molar-refractivity contribution is 0.477. The second-order valence-corrected chi connectivity index (χ2v) is 5.47. The van der Waals surface area contributed by atoms with Crippen molar-refractivity contribution in [3.63, 3.8) is 0 Å². The van der Waals surface area contributed by atoms with E-state index in [1.165, 1.54) is 0 Å². The van der Waals surface area contributed by atoms with Crippen LogP contribution in [0.5, 0.6) is 5.75 Å². The predicted molar refractivity (Wildman–Crippen MR) is 89.1 cm³/mol. The van der Waals surface area contributed by atoms with Gasteiger partial charge in [0.15, 0.2) is 5.82 Å². The van der Waals surface area contributed by atoms with Crippen molar-refractivity contribution in [3.05, 3.63) is 53.5 Å². The molecule has 0 bridgehead atoms. The fourth-order valence-corrected chi connectivity index (χ4v) is 2.35. The summed E-state index contributed by atoms with van der Waals surface area (Å²) in [6.07, 6.45) is 1.85. The Morgan fingerprint density at radius 2 is 1.96 bits per heavy atom. The third-order valence-electron chi connectivity index (χ3n) is 3.80. The molecule has 2 N–H and O–H groups in total. The molecular formula is C17H19N5O. The van der Waals surface area contributed by atoms with Crippen molar-refractivity contribution in [1.29, 1.82) is 0 Å². The standard InChI is InChI=1S/C17H19N5O/c1-11-8-16(18-9-13-10-19-22(3)12(13)2)21-17(20-11)14-6-4-5-7-15(14)23/h4-8,10,23H,9H2,1-3H3,(H,18,20,21). The number of nitrogens with one attached hydrogen (secondary N) is 1. The molecule has 0 amide bonds. The molecule has 3 rings (SSSR count). The summed E-state index contributed by atoms with van der Waals surface area (Å²) in [5.41, 5.74) is 3.69. The van der Waals surface area contributed by atoms with E-state index in [2.05, 4.69) is 20.4 Å². The van der Waals surface area contributed by atoms with E-state index >= 15 is 0 Å². The summed E-state index contributed by atoms with van der Waals surface area (Å²) in [5.74, 6) is 1.40. The smallest absolute Gasteiger partial charge is 0.165 e. The monoisotopic (exact) mass is 309 g/mol. The number of aromatic nitrogens is 4. The predicted octanol–water partition coefficient (Wildman–Crippen LogP) is 2.81. The van der Waals surface area contributed by atoms with Gasteiger partial charge in [-0.1, -0.05) is 12.1 Å². The van der Waals surface area contributed by atoms with Crippen molar-refractivity contribution in [2.75, 3.05) is 5.32 Å². The van der Waals surface area contributed by atoms with E-state index in [1.807, 2.05) is 43.9 Å². The summed E-state index contributed by atoms with van der Waals surface area (Å²) in [7, 11) is 1.92. The second kappa shape index (κ2) is 6.08. The molecule has 0 aliphatic carbocycles. The minimum atomic E-state index is 0.173. The molecule has 6 nitrogen and oxygen atoms in total. The van der Waals surface area contributed by atoms with Gasteiger partial charge in [0.1, 0.15) is 11.6 Å². The summed E-state index contributed by atoms with van der Waals surface area (Å²) >= 11 is 0. The molecule has 0 fully saturated rings. The molecule has 0 atom stereocenters. The molecule has 2 aromatic heterocycles. The zero-order chi connectivity index (χ0) is 16.4. The van der Waals surface area contributed by atoms with Crippen LogP contribution in [0.3, 0.4) is 0 Å². The van der Waals surface area contributed by atoms with Crippen molar-refractivity contribution in [2.45, 2.75) is 20.4 Å². The van der Waals surface area contributed by atoms with Crippen LogP contribution in [0.25, 0.3) is 11.4 Å². The fraction of sp³-hybridized carbons (Fsp3) is 0.235. The Balaban J connectivity index is 1.86. The highest BCUT2D eigenvalue weighted by atomic mass is 16.3. The minimum Gasteiger partial charge on any atom is -0.507 e. The highest BCUT2D eigenvalue weighted by Crippen LogP contribution is 2.26. The number of aromatic hydroxyl groups is 1. The van der Waals surface area contributed by atoms with Gasteiger partial charge in [0.05, 0.1) is 11.8 Å². The van der Waals surface area contributed by atoms with E-state index in [9.17, 15) is 5.11 Å². The molecule has 0 aliphatic heterocycles. The molecule has 1 aromatic carbocycles. The number of hydrogen-bond donors (Lipinski definition) is 2. The van der Waals surface area contributed by atoms with Crippen LogP contribution in [0.2, 0.25) is 0 Å². The maximum Gasteiger partial charge on any atom is 0.165 e. The zero-order valence-electron chi connectivity index (χ0n) is 13.4. The number of anilines is 1.